The fraction of sp³-hybridized carbons (Fsp3) is 0.333. The average Bonchev–Trinajstić information content (AvgIpc) is 2.28. The van der Waals surface area contributed by atoms with E-state index in [1.807, 2.05) is 22.6 Å². The number of carbonyl (C=O) groups is 2. The minimum absolute atomic E-state index is 0.0986. The fourth-order valence-electron chi connectivity index (χ4n) is 1.05. The molecule has 0 radical (unpaired) electrons. The lowest BCUT2D eigenvalue weighted by Gasteiger charge is -2.12. The maximum absolute atomic E-state index is 11.3. The summed E-state index contributed by atoms with van der Waals surface area (Å²) >= 11 is 2.94. The number of aromatic nitrogens is 2. The summed E-state index contributed by atoms with van der Waals surface area (Å²) in [5, 5.41) is 11.7. The Morgan fingerprint density at radius 3 is 2.89 bits per heavy atom. The summed E-state index contributed by atoms with van der Waals surface area (Å²) in [7, 11) is 0. The molecule has 1 aromatic rings. The number of rotatable bonds is 5. The van der Waals surface area contributed by atoms with Gasteiger partial charge in [0.2, 0.25) is 5.91 Å². The highest BCUT2D eigenvalue weighted by atomic mass is 127. The third-order valence-electron chi connectivity index (χ3n) is 1.83. The number of hydrogen-bond donors (Lipinski definition) is 3. The van der Waals surface area contributed by atoms with Crippen LogP contribution in [0.15, 0.2) is 16.1 Å². The third kappa shape index (κ3) is 4.29. The number of aliphatic carboxylic acids is 1. The number of aromatic amines is 1. The number of amides is 1. The molecular weight excluding hydrogens is 373 g/mol. The van der Waals surface area contributed by atoms with Crippen molar-refractivity contribution in [3.63, 3.8) is 0 Å². The van der Waals surface area contributed by atoms with E-state index in [9.17, 15) is 14.4 Å². The monoisotopic (exact) mass is 383 g/mol. The van der Waals surface area contributed by atoms with Crippen LogP contribution in [0.3, 0.4) is 0 Å². The Balaban J connectivity index is 2.73. The number of nitrogens with one attached hydrogen (secondary N) is 2. The van der Waals surface area contributed by atoms with Crippen LogP contribution in [0, 0.1) is 3.57 Å². The number of carboxylic acids is 1. The van der Waals surface area contributed by atoms with Gasteiger partial charge in [0, 0.05) is 12.7 Å². The predicted octanol–water partition coefficient (Wildman–Crippen LogP) is 0.0559. The van der Waals surface area contributed by atoms with Gasteiger partial charge in [-0.25, -0.2) is 9.78 Å². The highest BCUT2D eigenvalue weighted by molar-refractivity contribution is 14.1. The van der Waals surface area contributed by atoms with Crippen LogP contribution in [0.5, 0.6) is 0 Å². The maximum atomic E-state index is 11.3. The maximum Gasteiger partial charge on any atom is 0.327 e. The molecule has 0 aromatic carbocycles. The second-order valence-corrected chi connectivity index (χ2v) is 5.34. The van der Waals surface area contributed by atoms with Gasteiger partial charge in [-0.1, -0.05) is 0 Å². The van der Waals surface area contributed by atoms with Crippen LogP contribution < -0.4 is 10.9 Å². The Labute approximate surface area is 120 Å². The minimum Gasteiger partial charge on any atom is -0.480 e. The first-order valence-electron chi connectivity index (χ1n) is 4.77. The Bertz CT molecular complexity index is 519. The summed E-state index contributed by atoms with van der Waals surface area (Å²) in [6, 6.07) is -1.01. The largest absolute Gasteiger partial charge is 0.480 e. The van der Waals surface area contributed by atoms with Crippen molar-refractivity contribution in [1.29, 1.82) is 0 Å². The molecule has 0 saturated carbocycles. The molecule has 9 heteroatoms. The van der Waals surface area contributed by atoms with Crippen LogP contribution >= 0.6 is 34.4 Å². The van der Waals surface area contributed by atoms with E-state index >= 15 is 0 Å². The molecule has 1 rings (SSSR count). The molecule has 0 aliphatic carbocycles. The van der Waals surface area contributed by atoms with Crippen molar-refractivity contribution in [2.75, 3.05) is 5.75 Å². The summed E-state index contributed by atoms with van der Waals surface area (Å²) in [6.07, 6.45) is 1.25. The van der Waals surface area contributed by atoms with Crippen molar-refractivity contribution in [3.8, 4) is 0 Å². The number of hydrogen-bond acceptors (Lipinski definition) is 5. The first-order chi connectivity index (χ1) is 8.41. The van der Waals surface area contributed by atoms with E-state index in [1.165, 1.54) is 13.3 Å². The molecule has 1 atom stereocenters. The van der Waals surface area contributed by atoms with Gasteiger partial charge in [0.25, 0.3) is 5.56 Å². The zero-order valence-corrected chi connectivity index (χ0v) is 12.2. The molecule has 7 nitrogen and oxygen atoms in total. The Morgan fingerprint density at radius 1 is 1.67 bits per heavy atom. The Morgan fingerprint density at radius 2 is 2.33 bits per heavy atom. The van der Waals surface area contributed by atoms with E-state index in [2.05, 4.69) is 15.3 Å². The molecule has 0 fully saturated rings. The summed E-state index contributed by atoms with van der Waals surface area (Å²) in [6.45, 7) is 1.25. The van der Waals surface area contributed by atoms with Crippen LogP contribution in [0.4, 0.5) is 0 Å². The van der Waals surface area contributed by atoms with E-state index in [4.69, 9.17) is 5.11 Å². The summed E-state index contributed by atoms with van der Waals surface area (Å²) in [4.78, 5) is 39.4. The van der Waals surface area contributed by atoms with E-state index in [1.54, 1.807) is 0 Å². The van der Waals surface area contributed by atoms with Crippen molar-refractivity contribution in [1.82, 2.24) is 15.3 Å². The zero-order valence-electron chi connectivity index (χ0n) is 9.27. The molecule has 18 heavy (non-hydrogen) atoms. The summed E-state index contributed by atoms with van der Waals surface area (Å²) in [5.41, 5.74) is -0.278. The normalized spacial score (nSPS) is 11.9. The molecule has 0 spiro atoms. The van der Waals surface area contributed by atoms with Crippen LogP contribution in [0.25, 0.3) is 0 Å². The van der Waals surface area contributed by atoms with Crippen molar-refractivity contribution < 1.29 is 14.7 Å². The van der Waals surface area contributed by atoms with Crippen molar-refractivity contribution in [2.45, 2.75) is 18.0 Å². The van der Waals surface area contributed by atoms with Crippen molar-refractivity contribution in [2.24, 2.45) is 0 Å². The van der Waals surface area contributed by atoms with Gasteiger partial charge in [0.15, 0.2) is 0 Å². The standard InChI is InChI=1S/C9H10IN3O4S/c1-4(14)13-5(9(16)17)2-18-8-6(10)7(15)11-3-12-8/h3,5H,2H2,1H3,(H,13,14)(H,16,17)(H,11,12,15)/t5-/m0/s1. The molecule has 1 heterocycles. The Hall–Kier alpha value is -1.10. The van der Waals surface area contributed by atoms with Crippen LogP contribution in [-0.4, -0.2) is 38.7 Å². The van der Waals surface area contributed by atoms with Gasteiger partial charge in [-0.2, -0.15) is 0 Å². The van der Waals surface area contributed by atoms with Gasteiger partial charge in [0.1, 0.15) is 14.6 Å². The zero-order chi connectivity index (χ0) is 13.7. The van der Waals surface area contributed by atoms with Crippen molar-refractivity contribution in [3.05, 3.63) is 20.3 Å². The van der Waals surface area contributed by atoms with Crippen LogP contribution in [0.1, 0.15) is 6.92 Å². The van der Waals surface area contributed by atoms with E-state index in [-0.39, 0.29) is 11.3 Å². The lowest BCUT2D eigenvalue weighted by Crippen LogP contribution is -2.41. The summed E-state index contributed by atoms with van der Waals surface area (Å²) in [5.74, 6) is -1.45. The quantitative estimate of drug-likeness (QED) is 0.377. The lowest BCUT2D eigenvalue weighted by molar-refractivity contribution is -0.140. The topological polar surface area (TPSA) is 112 Å². The molecule has 0 saturated heterocycles. The van der Waals surface area contributed by atoms with E-state index in [0.717, 1.165) is 11.8 Å². The third-order valence-corrected chi connectivity index (χ3v) is 4.28. The minimum atomic E-state index is -1.13. The van der Waals surface area contributed by atoms with Gasteiger partial charge in [-0.05, 0) is 22.6 Å². The smallest absolute Gasteiger partial charge is 0.327 e. The molecule has 0 unspecified atom stereocenters. The van der Waals surface area contributed by atoms with Gasteiger partial charge in [0.05, 0.1) is 6.33 Å². The van der Waals surface area contributed by atoms with Gasteiger partial charge < -0.3 is 15.4 Å². The highest BCUT2D eigenvalue weighted by Gasteiger charge is 2.19. The highest BCUT2D eigenvalue weighted by Crippen LogP contribution is 2.19. The SMILES string of the molecule is CC(=O)N[C@@H](CSc1nc[nH]c(=O)c1I)C(=O)O. The first kappa shape index (κ1) is 15.0. The van der Waals surface area contributed by atoms with E-state index < -0.39 is 17.9 Å². The van der Waals surface area contributed by atoms with Gasteiger partial charge in [-0.3, -0.25) is 9.59 Å². The van der Waals surface area contributed by atoms with Gasteiger partial charge >= 0.3 is 5.97 Å². The van der Waals surface area contributed by atoms with Crippen LogP contribution in [0.2, 0.25) is 0 Å². The second kappa shape index (κ2) is 6.73. The van der Waals surface area contributed by atoms with Crippen molar-refractivity contribution >= 4 is 46.2 Å². The molecule has 0 bridgehead atoms. The lowest BCUT2D eigenvalue weighted by atomic mass is 10.3. The number of nitrogens with zero attached hydrogens (tertiary/aromatic N) is 1. The number of carboxylic acid groups (broad SMARTS) is 1. The fourth-order valence-corrected chi connectivity index (χ4v) is 2.71. The molecule has 0 aliphatic rings. The molecule has 1 aromatic heterocycles. The summed E-state index contributed by atoms with van der Waals surface area (Å²) < 4.78 is 0.395. The molecule has 3 N–H and O–H groups in total. The second-order valence-electron chi connectivity index (χ2n) is 3.25. The molecule has 98 valence electrons. The molecular formula is C9H10IN3O4S. The van der Waals surface area contributed by atoms with E-state index in [0.29, 0.717) is 8.60 Å². The number of H-pyrrole nitrogens is 1. The van der Waals surface area contributed by atoms with Gasteiger partial charge in [-0.15, -0.1) is 11.8 Å². The number of halogens is 1. The number of carbonyl (C=O) groups excluding carboxylic acids is 1. The molecule has 0 aliphatic heterocycles. The first-order valence-corrected chi connectivity index (χ1v) is 6.84. The number of thioether (sulfide) groups is 1. The van der Waals surface area contributed by atoms with Crippen LogP contribution in [-0.2, 0) is 9.59 Å². The molecule has 1 amide bonds. The average molecular weight is 383 g/mol. The predicted molar refractivity (Wildman–Crippen MR) is 73.5 cm³/mol. The Kier molecular flexibility index (Phi) is 5.59.